The minimum Gasteiger partial charge on any atom is -0.491 e. The lowest BCUT2D eigenvalue weighted by Gasteiger charge is -2.12. The molecular weight excluding hydrogens is 324 g/mol. The van der Waals surface area contributed by atoms with Gasteiger partial charge in [0, 0.05) is 12.0 Å². The number of amides is 1. The Morgan fingerprint density at radius 2 is 1.71 bits per heavy atom. The van der Waals surface area contributed by atoms with Crippen LogP contribution in [0.2, 0.25) is 0 Å². The lowest BCUT2D eigenvalue weighted by Crippen LogP contribution is -2.28. The number of ether oxygens (including phenoxy) is 1. The van der Waals surface area contributed by atoms with Crippen molar-refractivity contribution in [3.8, 4) is 16.9 Å². The van der Waals surface area contributed by atoms with E-state index in [4.69, 9.17) is 4.74 Å². The molecule has 24 heavy (non-hydrogen) atoms. The molecule has 0 fully saturated rings. The molecule has 2 aromatic carbocycles. The third-order valence-electron chi connectivity index (χ3n) is 3.48. The van der Waals surface area contributed by atoms with Crippen LogP contribution in [0.15, 0.2) is 54.6 Å². The van der Waals surface area contributed by atoms with Gasteiger partial charge in [-0.05, 0) is 31.6 Å². The smallest absolute Gasteiger partial charge is 0.220 e. The van der Waals surface area contributed by atoms with E-state index in [1.165, 1.54) is 0 Å². The highest BCUT2D eigenvalue weighted by Crippen LogP contribution is 2.29. The van der Waals surface area contributed by atoms with Crippen molar-refractivity contribution in [2.75, 3.05) is 26.7 Å². The summed E-state index contributed by atoms with van der Waals surface area (Å²) in [7, 11) is 1.88. The summed E-state index contributed by atoms with van der Waals surface area (Å²) >= 11 is 0. The average molecular weight is 349 g/mol. The van der Waals surface area contributed by atoms with Gasteiger partial charge in [0.25, 0.3) is 0 Å². The van der Waals surface area contributed by atoms with Crippen LogP contribution in [0.1, 0.15) is 12.8 Å². The van der Waals surface area contributed by atoms with Gasteiger partial charge < -0.3 is 15.4 Å². The largest absolute Gasteiger partial charge is 0.491 e. The maximum Gasteiger partial charge on any atom is 0.220 e. The second-order valence-corrected chi connectivity index (χ2v) is 5.27. The van der Waals surface area contributed by atoms with Gasteiger partial charge >= 0.3 is 0 Å². The van der Waals surface area contributed by atoms with Gasteiger partial charge in [0.05, 0.1) is 6.54 Å². The summed E-state index contributed by atoms with van der Waals surface area (Å²) in [6.07, 6.45) is 1.39. The second kappa shape index (κ2) is 11.5. The molecule has 0 unspecified atom stereocenters. The molecule has 0 radical (unpaired) electrons. The third-order valence-corrected chi connectivity index (χ3v) is 3.48. The van der Waals surface area contributed by atoms with E-state index in [0.717, 1.165) is 29.8 Å². The number of carbonyl (C=O) groups excluding carboxylic acids is 1. The number of para-hydroxylation sites is 1. The molecule has 1 amide bonds. The number of hydrogen-bond donors (Lipinski definition) is 2. The van der Waals surface area contributed by atoms with Crippen molar-refractivity contribution < 1.29 is 9.53 Å². The molecule has 0 aromatic heterocycles. The van der Waals surface area contributed by atoms with E-state index in [1.54, 1.807) is 0 Å². The van der Waals surface area contributed by atoms with Gasteiger partial charge in [0.15, 0.2) is 0 Å². The van der Waals surface area contributed by atoms with Crippen molar-refractivity contribution in [1.29, 1.82) is 0 Å². The van der Waals surface area contributed by atoms with Crippen molar-refractivity contribution in [3.05, 3.63) is 54.6 Å². The Hall–Kier alpha value is -2.04. The highest BCUT2D eigenvalue weighted by molar-refractivity contribution is 5.85. The molecule has 2 N–H and O–H groups in total. The van der Waals surface area contributed by atoms with Gasteiger partial charge in [0.2, 0.25) is 5.91 Å². The molecule has 0 aliphatic rings. The number of nitrogens with one attached hydrogen (secondary N) is 2. The van der Waals surface area contributed by atoms with E-state index >= 15 is 0 Å². The summed E-state index contributed by atoms with van der Waals surface area (Å²) in [5, 5.41) is 5.91. The van der Waals surface area contributed by atoms with Crippen molar-refractivity contribution in [2.24, 2.45) is 0 Å². The summed E-state index contributed by atoms with van der Waals surface area (Å²) in [6, 6.07) is 18.1. The Balaban J connectivity index is 0.00000288. The van der Waals surface area contributed by atoms with E-state index in [2.05, 4.69) is 22.8 Å². The molecule has 0 heterocycles. The molecule has 0 aliphatic heterocycles. The first kappa shape index (κ1) is 20.0. The Kier molecular flexibility index (Phi) is 9.58. The van der Waals surface area contributed by atoms with Crippen molar-refractivity contribution in [2.45, 2.75) is 12.8 Å². The van der Waals surface area contributed by atoms with E-state index in [9.17, 15) is 4.79 Å². The molecule has 2 aromatic rings. The monoisotopic (exact) mass is 348 g/mol. The van der Waals surface area contributed by atoms with Gasteiger partial charge in [0.1, 0.15) is 12.4 Å². The van der Waals surface area contributed by atoms with E-state index in [1.807, 2.05) is 49.5 Å². The number of halogens is 1. The maximum absolute atomic E-state index is 11.6. The number of rotatable bonds is 9. The average Bonchev–Trinajstić information content (AvgIpc) is 2.60. The fourth-order valence-corrected chi connectivity index (χ4v) is 2.31. The highest BCUT2D eigenvalue weighted by Gasteiger charge is 2.05. The highest BCUT2D eigenvalue weighted by atomic mass is 35.5. The van der Waals surface area contributed by atoms with E-state index < -0.39 is 0 Å². The van der Waals surface area contributed by atoms with Gasteiger partial charge in [-0.1, -0.05) is 48.5 Å². The molecule has 130 valence electrons. The minimum absolute atomic E-state index is 0. The predicted octanol–water partition coefficient (Wildman–Crippen LogP) is 3.27. The zero-order chi connectivity index (χ0) is 16.3. The molecule has 0 spiro atoms. The Morgan fingerprint density at radius 3 is 2.46 bits per heavy atom. The molecule has 0 bridgehead atoms. The summed E-state index contributed by atoms with van der Waals surface area (Å²) in [5.74, 6) is 0.906. The van der Waals surface area contributed by atoms with Crippen LogP contribution in [0.4, 0.5) is 0 Å². The fourth-order valence-electron chi connectivity index (χ4n) is 2.31. The predicted molar refractivity (Wildman–Crippen MR) is 101 cm³/mol. The summed E-state index contributed by atoms with van der Waals surface area (Å²) in [6.45, 7) is 1.83. The van der Waals surface area contributed by atoms with Crippen molar-refractivity contribution in [3.63, 3.8) is 0 Å². The summed E-state index contributed by atoms with van der Waals surface area (Å²) in [5.41, 5.74) is 2.19. The normalized spacial score (nSPS) is 9.88. The zero-order valence-corrected chi connectivity index (χ0v) is 14.8. The van der Waals surface area contributed by atoms with Crippen LogP contribution in [0.25, 0.3) is 11.1 Å². The molecule has 0 saturated carbocycles. The molecule has 0 saturated heterocycles. The van der Waals surface area contributed by atoms with Gasteiger partial charge in [-0.3, -0.25) is 4.79 Å². The van der Waals surface area contributed by atoms with Crippen LogP contribution in [-0.2, 0) is 4.79 Å². The van der Waals surface area contributed by atoms with Crippen LogP contribution >= 0.6 is 12.4 Å². The first-order chi connectivity index (χ1) is 11.3. The third kappa shape index (κ3) is 6.60. The van der Waals surface area contributed by atoms with Crippen LogP contribution in [0.5, 0.6) is 5.75 Å². The van der Waals surface area contributed by atoms with Crippen molar-refractivity contribution >= 4 is 18.3 Å². The molecule has 2 rings (SSSR count). The van der Waals surface area contributed by atoms with E-state index in [0.29, 0.717) is 19.6 Å². The first-order valence-electron chi connectivity index (χ1n) is 8.00. The summed E-state index contributed by atoms with van der Waals surface area (Å²) < 4.78 is 5.84. The Labute approximate surface area is 150 Å². The number of carbonyl (C=O) groups is 1. The molecule has 5 heteroatoms. The van der Waals surface area contributed by atoms with Crippen LogP contribution < -0.4 is 15.4 Å². The molecule has 0 atom stereocenters. The maximum atomic E-state index is 11.6. The molecular formula is C19H25ClN2O2. The molecule has 0 aliphatic carbocycles. The minimum atomic E-state index is 0. The van der Waals surface area contributed by atoms with Gasteiger partial charge in [-0.2, -0.15) is 0 Å². The lowest BCUT2D eigenvalue weighted by molar-refractivity contribution is -0.121. The van der Waals surface area contributed by atoms with Gasteiger partial charge in [-0.25, -0.2) is 0 Å². The van der Waals surface area contributed by atoms with Crippen LogP contribution in [0, 0.1) is 0 Å². The SMILES string of the molecule is CNCCCC(=O)NCCOc1ccccc1-c1ccccc1.Cl. The lowest BCUT2D eigenvalue weighted by atomic mass is 10.1. The summed E-state index contributed by atoms with van der Waals surface area (Å²) in [4.78, 5) is 11.6. The van der Waals surface area contributed by atoms with Gasteiger partial charge in [-0.15, -0.1) is 12.4 Å². The second-order valence-electron chi connectivity index (χ2n) is 5.27. The fraction of sp³-hybridized carbons (Fsp3) is 0.316. The Morgan fingerprint density at radius 1 is 1.00 bits per heavy atom. The van der Waals surface area contributed by atoms with Crippen LogP contribution in [0.3, 0.4) is 0 Å². The van der Waals surface area contributed by atoms with Crippen molar-refractivity contribution in [1.82, 2.24) is 10.6 Å². The van der Waals surface area contributed by atoms with E-state index in [-0.39, 0.29) is 18.3 Å². The zero-order valence-electron chi connectivity index (χ0n) is 14.0. The molecule has 4 nitrogen and oxygen atoms in total. The standard InChI is InChI=1S/C19H24N2O2.ClH/c1-20-13-7-12-19(22)21-14-15-23-18-11-6-5-10-17(18)16-8-3-2-4-9-16;/h2-6,8-11,20H,7,12-15H2,1H3,(H,21,22);1H. The quantitative estimate of drug-likeness (QED) is 0.684. The Bertz CT molecular complexity index is 605. The topological polar surface area (TPSA) is 50.4 Å². The first-order valence-corrected chi connectivity index (χ1v) is 8.00. The number of benzene rings is 2. The van der Waals surface area contributed by atoms with Crippen LogP contribution in [-0.4, -0.2) is 32.7 Å². The number of hydrogen-bond acceptors (Lipinski definition) is 3.